The number of allylic oxidation sites excluding steroid dienone is 4. The minimum Gasteiger partial charge on any atom is -0.493 e. The molecule has 0 bridgehead atoms. The number of aryl methyl sites for hydroxylation is 2. The average molecular weight is 822 g/mol. The maximum absolute atomic E-state index is 15.3. The Morgan fingerprint density at radius 1 is 0.852 bits per heavy atom. The van der Waals surface area contributed by atoms with E-state index in [4.69, 9.17) is 14.2 Å². The van der Waals surface area contributed by atoms with Crippen LogP contribution in [0.2, 0.25) is 0 Å². The fourth-order valence-corrected chi connectivity index (χ4v) is 9.76. The Morgan fingerprint density at radius 3 is 2.23 bits per heavy atom. The Morgan fingerprint density at radius 2 is 1.54 bits per heavy atom. The van der Waals surface area contributed by atoms with Crippen molar-refractivity contribution in [2.45, 2.75) is 43.3 Å². The fourth-order valence-electron chi connectivity index (χ4n) is 9.76. The molecule has 3 heterocycles. The number of fused-ring (bicyclic) bond motifs is 5. The van der Waals surface area contributed by atoms with Crippen LogP contribution in [0.4, 0.5) is 0 Å². The highest BCUT2D eigenvalue weighted by atomic mass is 16.5. The molecule has 0 radical (unpaired) electrons. The van der Waals surface area contributed by atoms with Crippen molar-refractivity contribution in [3.8, 4) is 17.2 Å². The first-order valence-electron chi connectivity index (χ1n) is 20.1. The molecule has 2 aromatic heterocycles. The largest absolute Gasteiger partial charge is 0.493 e. The van der Waals surface area contributed by atoms with Gasteiger partial charge in [-0.1, -0.05) is 78.9 Å². The molecule has 1 aliphatic heterocycles. The minimum atomic E-state index is -1.41. The number of Topliss-reactive ketones (excluding diaryl/α,β-unsaturated/α-hetero) is 1. The van der Waals surface area contributed by atoms with Crippen LogP contribution in [0.1, 0.15) is 40.8 Å². The topological polar surface area (TPSA) is 166 Å². The lowest BCUT2D eigenvalue weighted by Crippen LogP contribution is -2.58. The number of rotatable bonds is 11. The number of carbonyl (C=O) groups is 2. The SMILES string of the molecule is COc1cc2nc(CCn3c(=O)n4n(c3=O)C3CC5C(=O)C(c6ccccc6)=CC(=O)C5(c5ccccc5)C(c5ccc(OCCO)cc5)C3=CC4)c(=O)n(C)c2cc1OC. The molecule has 3 aliphatic rings. The molecule has 14 heteroatoms. The van der Waals surface area contributed by atoms with E-state index in [9.17, 15) is 19.5 Å². The van der Waals surface area contributed by atoms with Gasteiger partial charge in [0.15, 0.2) is 23.1 Å². The Labute approximate surface area is 349 Å². The van der Waals surface area contributed by atoms with E-state index in [1.54, 1.807) is 43.4 Å². The summed E-state index contributed by atoms with van der Waals surface area (Å²) in [6.07, 6.45) is 3.43. The Bertz CT molecular complexity index is 2960. The number of ether oxygens (including phenoxy) is 3. The van der Waals surface area contributed by atoms with Gasteiger partial charge < -0.3 is 23.9 Å². The number of carbonyl (C=O) groups excluding carboxylic acids is 2. The second-order valence-electron chi connectivity index (χ2n) is 15.5. The van der Waals surface area contributed by atoms with Crippen molar-refractivity contribution < 1.29 is 28.9 Å². The number of ketones is 2. The Kier molecular flexibility index (Phi) is 10.0. The highest BCUT2D eigenvalue weighted by Crippen LogP contribution is 2.61. The van der Waals surface area contributed by atoms with E-state index in [0.29, 0.717) is 45.0 Å². The van der Waals surface area contributed by atoms with E-state index in [2.05, 4.69) is 4.98 Å². The quantitative estimate of drug-likeness (QED) is 0.188. The lowest BCUT2D eigenvalue weighted by atomic mass is 9.47. The van der Waals surface area contributed by atoms with Crippen molar-refractivity contribution in [3.63, 3.8) is 0 Å². The first-order chi connectivity index (χ1) is 29.6. The highest BCUT2D eigenvalue weighted by Gasteiger charge is 2.63. The standard InChI is InChI=1S/C47H43N5O9/c1-49-38-27-40(60-3)39(59-2)26-36(38)48-35(44(49)56)19-20-50-45(57)51-21-18-32-37(52(51)46(50)58)25-34-43(55)33(28-10-6-4-7-11-28)24-41(54)47(34,30-12-8-5-9-13-30)42(32)29-14-16-31(17-15-29)61-23-22-53/h4-18,24,26-27,34,37,42,53H,19-23,25H2,1-3H3. The van der Waals surface area contributed by atoms with Crippen LogP contribution in [0.3, 0.4) is 0 Å². The summed E-state index contributed by atoms with van der Waals surface area (Å²) in [7, 11) is 4.63. The van der Waals surface area contributed by atoms with Gasteiger partial charge in [-0.25, -0.2) is 28.5 Å². The van der Waals surface area contributed by atoms with Gasteiger partial charge in [-0.15, -0.1) is 0 Å². The third-order valence-electron chi connectivity index (χ3n) is 12.5. The van der Waals surface area contributed by atoms with Crippen molar-refractivity contribution in [2.24, 2.45) is 13.0 Å². The van der Waals surface area contributed by atoms with Gasteiger partial charge in [0.05, 0.1) is 49.9 Å². The van der Waals surface area contributed by atoms with Gasteiger partial charge in [-0.05, 0) is 46.9 Å². The van der Waals surface area contributed by atoms with Gasteiger partial charge in [0, 0.05) is 49.6 Å². The fraction of sp³-hybridized carbons (Fsp3) is 0.277. The maximum atomic E-state index is 15.3. The van der Waals surface area contributed by atoms with Crippen LogP contribution in [0.15, 0.2) is 129 Å². The van der Waals surface area contributed by atoms with Crippen LogP contribution < -0.4 is 31.1 Å². The summed E-state index contributed by atoms with van der Waals surface area (Å²) < 4.78 is 21.9. The summed E-state index contributed by atoms with van der Waals surface area (Å²) in [5, 5.41) is 9.39. The molecule has 61 heavy (non-hydrogen) atoms. The minimum absolute atomic E-state index is 0.0215. The first-order valence-corrected chi connectivity index (χ1v) is 20.1. The number of hydrogen-bond acceptors (Lipinski definition) is 10. The summed E-state index contributed by atoms with van der Waals surface area (Å²) in [5.41, 5.74) is 1.21. The third-order valence-corrected chi connectivity index (χ3v) is 12.5. The van der Waals surface area contributed by atoms with E-state index < -0.39 is 34.7 Å². The Balaban J connectivity index is 1.18. The van der Waals surface area contributed by atoms with Crippen LogP contribution in [0.25, 0.3) is 16.6 Å². The van der Waals surface area contributed by atoms with Crippen molar-refractivity contribution in [3.05, 3.63) is 168 Å². The van der Waals surface area contributed by atoms with Crippen LogP contribution >= 0.6 is 0 Å². The molecule has 4 aromatic carbocycles. The van der Waals surface area contributed by atoms with Crippen molar-refractivity contribution in [1.82, 2.24) is 23.5 Å². The lowest BCUT2D eigenvalue weighted by molar-refractivity contribution is -0.133. The number of hydrogen-bond donors (Lipinski definition) is 1. The second kappa shape index (κ2) is 15.5. The van der Waals surface area contributed by atoms with E-state index in [-0.39, 0.29) is 62.0 Å². The van der Waals surface area contributed by atoms with Crippen molar-refractivity contribution in [1.29, 1.82) is 0 Å². The third kappa shape index (κ3) is 6.19. The average Bonchev–Trinajstić information content (AvgIpc) is 3.54. The maximum Gasteiger partial charge on any atom is 0.347 e. The summed E-state index contributed by atoms with van der Waals surface area (Å²) in [6.45, 7) is -0.177. The van der Waals surface area contributed by atoms with Crippen molar-refractivity contribution in [2.75, 3.05) is 27.4 Å². The van der Waals surface area contributed by atoms with Crippen LogP contribution in [-0.4, -0.2) is 67.6 Å². The number of aromatic nitrogens is 5. The van der Waals surface area contributed by atoms with Crippen LogP contribution in [0, 0.1) is 5.92 Å². The number of benzene rings is 4. The van der Waals surface area contributed by atoms with Gasteiger partial charge in [0.25, 0.3) is 5.56 Å². The van der Waals surface area contributed by atoms with Crippen molar-refractivity contribution >= 4 is 28.2 Å². The molecule has 0 spiro atoms. The van der Waals surface area contributed by atoms with Gasteiger partial charge in [0.2, 0.25) is 0 Å². The summed E-state index contributed by atoms with van der Waals surface area (Å²) in [5.74, 6) is -0.771. The van der Waals surface area contributed by atoms with Crippen LogP contribution in [-0.2, 0) is 41.6 Å². The molecule has 9 rings (SSSR count). The molecule has 2 aliphatic carbocycles. The van der Waals surface area contributed by atoms with Crippen LogP contribution in [0.5, 0.6) is 17.2 Å². The number of methoxy groups -OCH3 is 2. The molecular formula is C47H43N5O9. The molecule has 1 N–H and O–H groups in total. The zero-order valence-electron chi connectivity index (χ0n) is 33.8. The van der Waals surface area contributed by atoms with Gasteiger partial charge in [0.1, 0.15) is 18.1 Å². The van der Waals surface area contributed by atoms with E-state index in [1.807, 2.05) is 66.7 Å². The van der Waals surface area contributed by atoms with E-state index in [0.717, 1.165) is 15.7 Å². The van der Waals surface area contributed by atoms with E-state index >= 15 is 9.59 Å². The van der Waals surface area contributed by atoms with Gasteiger partial charge in [-0.3, -0.25) is 14.4 Å². The molecule has 0 saturated heterocycles. The molecule has 4 atom stereocenters. The molecule has 1 fully saturated rings. The molecule has 14 nitrogen and oxygen atoms in total. The molecule has 0 amide bonds. The first kappa shape index (κ1) is 39.4. The second-order valence-corrected chi connectivity index (χ2v) is 15.5. The predicted molar refractivity (Wildman–Crippen MR) is 226 cm³/mol. The molecule has 310 valence electrons. The number of aliphatic hydroxyl groups is 1. The monoisotopic (exact) mass is 821 g/mol. The van der Waals surface area contributed by atoms with Gasteiger partial charge >= 0.3 is 11.4 Å². The highest BCUT2D eigenvalue weighted by molar-refractivity contribution is 6.31. The molecule has 6 aromatic rings. The lowest BCUT2D eigenvalue weighted by Gasteiger charge is -2.54. The smallest absolute Gasteiger partial charge is 0.347 e. The zero-order valence-corrected chi connectivity index (χ0v) is 33.8. The molecular weight excluding hydrogens is 779 g/mol. The summed E-state index contributed by atoms with van der Waals surface area (Å²) >= 11 is 0. The summed E-state index contributed by atoms with van der Waals surface area (Å²) in [6, 6.07) is 28.2. The predicted octanol–water partition coefficient (Wildman–Crippen LogP) is 4.15. The number of nitrogens with zero attached hydrogens (tertiary/aromatic N) is 5. The molecule has 4 unspecified atom stereocenters. The van der Waals surface area contributed by atoms with Gasteiger partial charge in [-0.2, -0.15) is 0 Å². The van der Waals surface area contributed by atoms with E-state index in [1.165, 1.54) is 34.2 Å². The number of aliphatic hydroxyl groups excluding tert-OH is 1. The zero-order chi connectivity index (χ0) is 42.6. The summed E-state index contributed by atoms with van der Waals surface area (Å²) in [4.78, 5) is 77.6. The normalized spacial score (nSPS) is 20.6. The molecule has 1 saturated carbocycles. The Hall–Kier alpha value is -7.06.